The van der Waals surface area contributed by atoms with Crippen molar-refractivity contribution < 1.29 is 0 Å². The molecule has 1 heterocycles. The van der Waals surface area contributed by atoms with Gasteiger partial charge in [-0.15, -0.1) is 24.8 Å². The van der Waals surface area contributed by atoms with Gasteiger partial charge in [0.05, 0.1) is 10.7 Å². The van der Waals surface area contributed by atoms with E-state index < -0.39 is 0 Å². The first-order chi connectivity index (χ1) is 7.65. The van der Waals surface area contributed by atoms with E-state index >= 15 is 0 Å². The number of rotatable bonds is 2. The van der Waals surface area contributed by atoms with Crippen molar-refractivity contribution in [2.24, 2.45) is 0 Å². The van der Waals surface area contributed by atoms with Crippen molar-refractivity contribution in [3.8, 4) is 0 Å². The predicted octanol–water partition coefficient (Wildman–Crippen LogP) is 4.42. The zero-order valence-electron chi connectivity index (χ0n) is 8.60. The zero-order valence-corrected chi connectivity index (χ0v) is 12.5. The number of nitrogens with one attached hydrogen (secondary N) is 1. The molecular formula is C9H7Cl5N4. The molecule has 0 saturated heterocycles. The van der Waals surface area contributed by atoms with Crippen LogP contribution in [0.2, 0.25) is 15.6 Å². The third-order valence-corrected chi connectivity index (χ3v) is 2.37. The van der Waals surface area contributed by atoms with Crippen LogP contribution >= 0.6 is 59.6 Å². The molecule has 1 aromatic carbocycles. The minimum atomic E-state index is 0. The van der Waals surface area contributed by atoms with Gasteiger partial charge in [0.1, 0.15) is 0 Å². The summed E-state index contributed by atoms with van der Waals surface area (Å²) >= 11 is 17.2. The molecule has 2 rings (SSSR count). The maximum atomic E-state index is 5.95. The van der Waals surface area contributed by atoms with E-state index in [-0.39, 0.29) is 41.3 Å². The standard InChI is InChI=1S/C9H5Cl3N4.2ClH/c10-5-3-1-2-4-6(5)13-9-15-7(11)14-8(12)16-9;;/h1-4H,(H,13,14,15,16);2*1H. The van der Waals surface area contributed by atoms with Gasteiger partial charge in [-0.3, -0.25) is 0 Å². The van der Waals surface area contributed by atoms with Gasteiger partial charge in [-0.2, -0.15) is 15.0 Å². The van der Waals surface area contributed by atoms with Crippen LogP contribution in [0.4, 0.5) is 11.6 Å². The third-order valence-electron chi connectivity index (χ3n) is 1.70. The van der Waals surface area contributed by atoms with Gasteiger partial charge in [-0.1, -0.05) is 23.7 Å². The van der Waals surface area contributed by atoms with Crippen molar-refractivity contribution in [1.82, 2.24) is 15.0 Å². The Morgan fingerprint density at radius 3 is 1.94 bits per heavy atom. The average molecular weight is 348 g/mol. The van der Waals surface area contributed by atoms with E-state index in [4.69, 9.17) is 34.8 Å². The smallest absolute Gasteiger partial charge is 0.232 e. The quantitative estimate of drug-likeness (QED) is 0.873. The first-order valence-corrected chi connectivity index (χ1v) is 5.37. The number of benzene rings is 1. The van der Waals surface area contributed by atoms with Crippen LogP contribution in [0.5, 0.6) is 0 Å². The fraction of sp³-hybridized carbons (Fsp3) is 0. The van der Waals surface area contributed by atoms with Crippen molar-refractivity contribution in [2.45, 2.75) is 0 Å². The molecule has 1 aromatic heterocycles. The first-order valence-electron chi connectivity index (χ1n) is 4.24. The van der Waals surface area contributed by atoms with Gasteiger partial charge in [-0.05, 0) is 35.3 Å². The number of hydrogen-bond acceptors (Lipinski definition) is 4. The highest BCUT2D eigenvalue weighted by Gasteiger charge is 2.05. The van der Waals surface area contributed by atoms with Crippen LogP contribution in [-0.2, 0) is 0 Å². The van der Waals surface area contributed by atoms with E-state index in [1.165, 1.54) is 0 Å². The Hall–Kier alpha value is -0.520. The molecule has 1 N–H and O–H groups in total. The minimum absolute atomic E-state index is 0. The molecule has 0 atom stereocenters. The van der Waals surface area contributed by atoms with Gasteiger partial charge < -0.3 is 5.32 Å². The van der Waals surface area contributed by atoms with E-state index in [9.17, 15) is 0 Å². The molecule has 0 bridgehead atoms. The summed E-state index contributed by atoms with van der Waals surface area (Å²) in [6.45, 7) is 0. The highest BCUT2D eigenvalue weighted by Crippen LogP contribution is 2.23. The lowest BCUT2D eigenvalue weighted by molar-refractivity contribution is 1.05. The number of halogens is 5. The van der Waals surface area contributed by atoms with E-state index in [0.29, 0.717) is 10.7 Å². The largest absolute Gasteiger partial charge is 0.323 e. The topological polar surface area (TPSA) is 50.7 Å². The van der Waals surface area contributed by atoms with Crippen molar-refractivity contribution in [2.75, 3.05) is 5.32 Å². The number of aromatic nitrogens is 3. The third kappa shape index (κ3) is 4.63. The summed E-state index contributed by atoms with van der Waals surface area (Å²) in [7, 11) is 0. The predicted molar refractivity (Wildman–Crippen MR) is 79.1 cm³/mol. The van der Waals surface area contributed by atoms with Gasteiger partial charge in [0.15, 0.2) is 0 Å². The molecule has 9 heteroatoms. The molecule has 0 aliphatic carbocycles. The summed E-state index contributed by atoms with van der Waals surface area (Å²) < 4.78 is 0. The molecule has 0 aliphatic heterocycles. The molecular weight excluding hydrogens is 341 g/mol. The Labute approximate surface area is 131 Å². The lowest BCUT2D eigenvalue weighted by Crippen LogP contribution is -1.99. The maximum absolute atomic E-state index is 5.95. The molecule has 0 aliphatic rings. The normalized spacial score (nSPS) is 9.06. The Kier molecular flexibility index (Phi) is 7.59. The summed E-state index contributed by atoms with van der Waals surface area (Å²) in [5.41, 5.74) is 0.669. The van der Waals surface area contributed by atoms with Crippen LogP contribution in [0.25, 0.3) is 0 Å². The SMILES string of the molecule is Cl.Cl.Clc1nc(Cl)nc(Nc2ccccc2Cl)n1. The molecule has 0 amide bonds. The van der Waals surface area contributed by atoms with Gasteiger partial charge in [0.2, 0.25) is 16.5 Å². The fourth-order valence-electron chi connectivity index (χ4n) is 1.06. The van der Waals surface area contributed by atoms with Gasteiger partial charge in [0.25, 0.3) is 0 Å². The molecule has 0 fully saturated rings. The molecule has 4 nitrogen and oxygen atoms in total. The summed E-state index contributed by atoms with van der Waals surface area (Å²) in [6.07, 6.45) is 0. The van der Waals surface area contributed by atoms with Crippen molar-refractivity contribution in [1.29, 1.82) is 0 Å². The average Bonchev–Trinajstić information content (AvgIpc) is 2.20. The first kappa shape index (κ1) is 17.5. The van der Waals surface area contributed by atoms with E-state index in [1.807, 2.05) is 12.1 Å². The Bertz CT molecular complexity index is 502. The molecule has 2 aromatic rings. The molecule has 0 spiro atoms. The lowest BCUT2D eigenvalue weighted by Gasteiger charge is -2.06. The summed E-state index contributed by atoms with van der Waals surface area (Å²) in [5.74, 6) is 0.248. The number of hydrogen-bond donors (Lipinski definition) is 1. The molecule has 18 heavy (non-hydrogen) atoms. The van der Waals surface area contributed by atoms with Gasteiger partial charge >= 0.3 is 0 Å². The molecule has 0 unspecified atom stereocenters. The molecule has 98 valence electrons. The molecule has 0 saturated carbocycles. The number of para-hydroxylation sites is 1. The lowest BCUT2D eigenvalue weighted by atomic mass is 10.3. The van der Waals surface area contributed by atoms with Crippen LogP contribution in [0.1, 0.15) is 0 Å². The Morgan fingerprint density at radius 1 is 0.833 bits per heavy atom. The van der Waals surface area contributed by atoms with E-state index in [1.54, 1.807) is 12.1 Å². The Balaban J connectivity index is 0.00000144. The zero-order chi connectivity index (χ0) is 11.5. The van der Waals surface area contributed by atoms with Crippen molar-refractivity contribution in [3.05, 3.63) is 39.9 Å². The van der Waals surface area contributed by atoms with Crippen LogP contribution in [-0.4, -0.2) is 15.0 Å². The van der Waals surface area contributed by atoms with Gasteiger partial charge in [-0.25, -0.2) is 0 Å². The maximum Gasteiger partial charge on any atom is 0.232 e. The highest BCUT2D eigenvalue weighted by atomic mass is 35.5. The molecule has 0 radical (unpaired) electrons. The summed E-state index contributed by atoms with van der Waals surface area (Å²) in [5, 5.41) is 3.49. The van der Waals surface area contributed by atoms with Crippen molar-refractivity contribution >= 4 is 71.3 Å². The fourth-order valence-corrected chi connectivity index (χ4v) is 1.61. The summed E-state index contributed by atoms with van der Waals surface area (Å²) in [4.78, 5) is 11.4. The second-order valence-corrected chi connectivity index (χ2v) is 3.89. The minimum Gasteiger partial charge on any atom is -0.323 e. The second kappa shape index (κ2) is 7.81. The van der Waals surface area contributed by atoms with Crippen LogP contribution in [0, 0.1) is 0 Å². The van der Waals surface area contributed by atoms with E-state index in [0.717, 1.165) is 0 Å². The van der Waals surface area contributed by atoms with E-state index in [2.05, 4.69) is 20.3 Å². The monoisotopic (exact) mass is 346 g/mol. The Morgan fingerprint density at radius 2 is 1.39 bits per heavy atom. The van der Waals surface area contributed by atoms with Crippen LogP contribution < -0.4 is 5.32 Å². The number of nitrogens with zero attached hydrogens (tertiary/aromatic N) is 3. The highest BCUT2D eigenvalue weighted by molar-refractivity contribution is 6.33. The number of anilines is 2. The van der Waals surface area contributed by atoms with Crippen LogP contribution in [0.3, 0.4) is 0 Å². The van der Waals surface area contributed by atoms with Gasteiger partial charge in [0, 0.05) is 0 Å². The van der Waals surface area contributed by atoms with Crippen molar-refractivity contribution in [3.63, 3.8) is 0 Å². The second-order valence-electron chi connectivity index (χ2n) is 2.80. The summed E-state index contributed by atoms with van der Waals surface area (Å²) in [6, 6.07) is 7.18. The van der Waals surface area contributed by atoms with Crippen LogP contribution in [0.15, 0.2) is 24.3 Å².